The van der Waals surface area contributed by atoms with Crippen LogP contribution in [0.5, 0.6) is 0 Å². The molecule has 19 heavy (non-hydrogen) atoms. The Morgan fingerprint density at radius 2 is 1.95 bits per heavy atom. The van der Waals surface area contributed by atoms with Gasteiger partial charge in [-0.25, -0.2) is 4.79 Å². The first-order chi connectivity index (χ1) is 9.11. The highest BCUT2D eigenvalue weighted by Gasteiger charge is 2.11. The molecular formula is C13H17BN2O3. The van der Waals surface area contributed by atoms with Crippen LogP contribution in [0.25, 0.3) is 0 Å². The summed E-state index contributed by atoms with van der Waals surface area (Å²) < 4.78 is 3.28. The molecule has 100 valence electrons. The van der Waals surface area contributed by atoms with Crippen molar-refractivity contribution in [2.45, 2.75) is 26.4 Å². The van der Waals surface area contributed by atoms with Crippen LogP contribution in [0.3, 0.4) is 0 Å². The van der Waals surface area contributed by atoms with Gasteiger partial charge in [-0.15, -0.1) is 0 Å². The van der Waals surface area contributed by atoms with Crippen molar-refractivity contribution in [3.8, 4) is 0 Å². The van der Waals surface area contributed by atoms with Crippen LogP contribution in [0.4, 0.5) is 0 Å². The van der Waals surface area contributed by atoms with Gasteiger partial charge in [0.25, 0.3) is 0 Å². The molecule has 0 spiro atoms. The van der Waals surface area contributed by atoms with Gasteiger partial charge in [0.1, 0.15) is 0 Å². The summed E-state index contributed by atoms with van der Waals surface area (Å²) in [5.74, 6) is 0. The molecular weight excluding hydrogens is 243 g/mol. The number of hydrogen-bond acceptors (Lipinski definition) is 3. The Hall–Kier alpha value is -1.79. The van der Waals surface area contributed by atoms with E-state index < -0.39 is 7.12 Å². The summed E-state index contributed by atoms with van der Waals surface area (Å²) in [5.41, 5.74) is 1.25. The van der Waals surface area contributed by atoms with E-state index in [1.165, 1.54) is 0 Å². The Labute approximate surface area is 111 Å². The third-order valence-electron chi connectivity index (χ3n) is 2.98. The molecule has 0 amide bonds. The van der Waals surface area contributed by atoms with E-state index in [-0.39, 0.29) is 5.69 Å². The summed E-state index contributed by atoms with van der Waals surface area (Å²) in [6.07, 6.45) is 4.44. The maximum absolute atomic E-state index is 12.0. The van der Waals surface area contributed by atoms with Crippen LogP contribution in [-0.4, -0.2) is 26.3 Å². The zero-order chi connectivity index (χ0) is 13.8. The molecule has 0 aliphatic rings. The van der Waals surface area contributed by atoms with Crippen molar-refractivity contribution >= 4 is 12.6 Å². The van der Waals surface area contributed by atoms with Gasteiger partial charge < -0.3 is 10.0 Å². The standard InChI is InChI=1S/C13H17BN2O3/c1-2-6-15-7-8-16(13(15)17)10-11-4-3-5-12(9-11)14(18)19/h3-5,7-9,18-19H,2,6,10H2,1H3. The number of benzene rings is 1. The fourth-order valence-electron chi connectivity index (χ4n) is 2.03. The lowest BCUT2D eigenvalue weighted by molar-refractivity contribution is 0.425. The summed E-state index contributed by atoms with van der Waals surface area (Å²) in [6.45, 7) is 3.16. The maximum atomic E-state index is 12.0. The molecule has 2 N–H and O–H groups in total. The molecule has 0 saturated carbocycles. The second kappa shape index (κ2) is 5.90. The van der Waals surface area contributed by atoms with Crippen molar-refractivity contribution < 1.29 is 10.0 Å². The number of nitrogens with zero attached hydrogens (tertiary/aromatic N) is 2. The van der Waals surface area contributed by atoms with Crippen molar-refractivity contribution in [2.24, 2.45) is 0 Å². The van der Waals surface area contributed by atoms with Crippen LogP contribution in [0.2, 0.25) is 0 Å². The first-order valence-electron chi connectivity index (χ1n) is 6.32. The molecule has 0 aliphatic carbocycles. The van der Waals surface area contributed by atoms with Gasteiger partial charge in [-0.3, -0.25) is 9.13 Å². The van der Waals surface area contributed by atoms with E-state index in [4.69, 9.17) is 10.0 Å². The topological polar surface area (TPSA) is 67.4 Å². The second-order valence-corrected chi connectivity index (χ2v) is 4.52. The van der Waals surface area contributed by atoms with Crippen molar-refractivity contribution in [1.82, 2.24) is 9.13 Å². The van der Waals surface area contributed by atoms with Gasteiger partial charge >= 0.3 is 12.8 Å². The monoisotopic (exact) mass is 260 g/mol. The average Bonchev–Trinajstić information content (AvgIpc) is 2.72. The Morgan fingerprint density at radius 3 is 2.63 bits per heavy atom. The first-order valence-corrected chi connectivity index (χ1v) is 6.32. The van der Waals surface area contributed by atoms with Crippen LogP contribution >= 0.6 is 0 Å². The Morgan fingerprint density at radius 1 is 1.21 bits per heavy atom. The minimum Gasteiger partial charge on any atom is -0.423 e. The molecule has 0 bridgehead atoms. The van der Waals surface area contributed by atoms with E-state index in [1.807, 2.05) is 13.0 Å². The molecule has 0 atom stereocenters. The zero-order valence-corrected chi connectivity index (χ0v) is 10.9. The lowest BCUT2D eigenvalue weighted by Crippen LogP contribution is -2.30. The highest BCUT2D eigenvalue weighted by atomic mass is 16.4. The molecule has 0 aliphatic heterocycles. The predicted molar refractivity (Wildman–Crippen MR) is 74.4 cm³/mol. The van der Waals surface area contributed by atoms with Gasteiger partial charge in [-0.1, -0.05) is 31.2 Å². The normalized spacial score (nSPS) is 10.7. The summed E-state index contributed by atoms with van der Waals surface area (Å²) in [6, 6.07) is 6.93. The summed E-state index contributed by atoms with van der Waals surface area (Å²) in [7, 11) is -1.48. The van der Waals surface area contributed by atoms with E-state index in [1.54, 1.807) is 39.7 Å². The highest BCUT2D eigenvalue weighted by Crippen LogP contribution is 2.00. The predicted octanol–water partition coefficient (Wildman–Crippen LogP) is -0.212. The van der Waals surface area contributed by atoms with Gasteiger partial charge in [0.15, 0.2) is 0 Å². The zero-order valence-electron chi connectivity index (χ0n) is 10.9. The molecule has 0 unspecified atom stereocenters. The van der Waals surface area contributed by atoms with Gasteiger partial charge in [0.2, 0.25) is 0 Å². The van der Waals surface area contributed by atoms with Crippen LogP contribution in [0.1, 0.15) is 18.9 Å². The third kappa shape index (κ3) is 3.16. The minimum atomic E-state index is -1.48. The fraction of sp³-hybridized carbons (Fsp3) is 0.308. The number of hydrogen-bond donors (Lipinski definition) is 2. The molecule has 1 heterocycles. The Balaban J connectivity index is 2.21. The van der Waals surface area contributed by atoms with Crippen LogP contribution in [-0.2, 0) is 13.1 Å². The minimum absolute atomic E-state index is 0.0446. The largest absolute Gasteiger partial charge is 0.488 e. The van der Waals surface area contributed by atoms with Gasteiger partial charge in [0.05, 0.1) is 6.54 Å². The molecule has 1 aromatic heterocycles. The Kier molecular flexibility index (Phi) is 4.24. The lowest BCUT2D eigenvalue weighted by Gasteiger charge is -2.05. The molecule has 6 heteroatoms. The van der Waals surface area contributed by atoms with Crippen LogP contribution in [0, 0.1) is 0 Å². The van der Waals surface area contributed by atoms with Gasteiger partial charge in [0, 0.05) is 18.9 Å². The Bertz CT molecular complexity index is 604. The summed E-state index contributed by atoms with van der Waals surface area (Å²) >= 11 is 0. The van der Waals surface area contributed by atoms with Crippen LogP contribution < -0.4 is 11.2 Å². The molecule has 0 fully saturated rings. The highest BCUT2D eigenvalue weighted by molar-refractivity contribution is 6.58. The SMILES string of the molecule is CCCn1ccn(Cc2cccc(B(O)O)c2)c1=O. The summed E-state index contributed by atoms with van der Waals surface area (Å²) in [5, 5.41) is 18.3. The molecule has 2 aromatic rings. The van der Waals surface area contributed by atoms with Crippen molar-refractivity contribution in [3.63, 3.8) is 0 Å². The van der Waals surface area contributed by atoms with Crippen molar-refractivity contribution in [3.05, 3.63) is 52.7 Å². The number of aromatic nitrogens is 2. The number of rotatable bonds is 5. The molecule has 0 saturated heterocycles. The molecule has 0 radical (unpaired) electrons. The number of imidazole rings is 1. The smallest absolute Gasteiger partial charge is 0.423 e. The van der Waals surface area contributed by atoms with E-state index >= 15 is 0 Å². The fourth-order valence-corrected chi connectivity index (χ4v) is 2.03. The summed E-state index contributed by atoms with van der Waals surface area (Å²) in [4.78, 5) is 12.0. The second-order valence-electron chi connectivity index (χ2n) is 4.52. The van der Waals surface area contributed by atoms with Crippen molar-refractivity contribution in [1.29, 1.82) is 0 Å². The van der Waals surface area contributed by atoms with Gasteiger partial charge in [-0.05, 0) is 17.4 Å². The van der Waals surface area contributed by atoms with E-state index in [0.717, 1.165) is 12.0 Å². The molecule has 5 nitrogen and oxygen atoms in total. The quantitative estimate of drug-likeness (QED) is 0.731. The maximum Gasteiger partial charge on any atom is 0.488 e. The van der Waals surface area contributed by atoms with Crippen molar-refractivity contribution in [2.75, 3.05) is 0 Å². The lowest BCUT2D eigenvalue weighted by atomic mass is 9.79. The molecule has 2 rings (SSSR count). The third-order valence-corrected chi connectivity index (χ3v) is 2.98. The van der Waals surface area contributed by atoms with E-state index in [9.17, 15) is 4.79 Å². The molecule has 1 aromatic carbocycles. The van der Waals surface area contributed by atoms with Gasteiger partial charge in [-0.2, -0.15) is 0 Å². The van der Waals surface area contributed by atoms with E-state index in [0.29, 0.717) is 18.6 Å². The first kappa shape index (κ1) is 13.6. The average molecular weight is 260 g/mol. The van der Waals surface area contributed by atoms with E-state index in [2.05, 4.69) is 0 Å². The number of aryl methyl sites for hydroxylation is 1. The van der Waals surface area contributed by atoms with Crippen LogP contribution in [0.15, 0.2) is 41.5 Å².